The van der Waals surface area contributed by atoms with Crippen LogP contribution in [-0.4, -0.2) is 67.0 Å². The number of likely N-dealkylation sites (tertiary alicyclic amines) is 2. The predicted molar refractivity (Wildman–Crippen MR) is 111 cm³/mol. The summed E-state index contributed by atoms with van der Waals surface area (Å²) >= 11 is 0. The summed E-state index contributed by atoms with van der Waals surface area (Å²) in [5.74, 6) is -2.45. The molecule has 4 heterocycles. The van der Waals surface area contributed by atoms with E-state index >= 15 is 0 Å². The number of carboxylic acids is 1. The summed E-state index contributed by atoms with van der Waals surface area (Å²) in [5, 5.41) is 7.12. The largest absolute Gasteiger partial charge is 0.490 e. The number of hydrogen-bond donors (Lipinski definition) is 1. The summed E-state index contributed by atoms with van der Waals surface area (Å²) in [7, 11) is 1.89. The van der Waals surface area contributed by atoms with Gasteiger partial charge in [0, 0.05) is 57.2 Å². The fourth-order valence-corrected chi connectivity index (χ4v) is 4.29. The van der Waals surface area contributed by atoms with Gasteiger partial charge in [-0.2, -0.15) is 13.2 Å². The molecule has 1 spiro atoms. The summed E-state index contributed by atoms with van der Waals surface area (Å²) in [6, 6.07) is 7.69. The Morgan fingerprint density at radius 1 is 1.12 bits per heavy atom. The molecular formula is C22H25F3N4O4. The molecule has 0 atom stereocenters. The maximum absolute atomic E-state index is 12.7. The minimum absolute atomic E-state index is 0.0809. The standard InChI is InChI=1S/C20H24N4O2.C2HF3O2/c1-22-12-2-3-17(22)19(26)23-13-8-20(9-14-23)7-4-18(25)24(20)15-16-5-10-21-11-6-16;3-2(4,5)1(6)7/h2-3,5-6,10-12H,4,7-9,13-15H2,1H3;(H,6,7). The first kappa shape index (κ1) is 24.3. The number of rotatable bonds is 3. The summed E-state index contributed by atoms with van der Waals surface area (Å²) in [6.45, 7) is 2.03. The van der Waals surface area contributed by atoms with Crippen molar-refractivity contribution in [3.63, 3.8) is 0 Å². The number of halogens is 3. The Labute approximate surface area is 188 Å². The molecule has 2 fully saturated rings. The highest BCUT2D eigenvalue weighted by molar-refractivity contribution is 5.93. The van der Waals surface area contributed by atoms with Gasteiger partial charge in [0.15, 0.2) is 0 Å². The molecule has 0 radical (unpaired) electrons. The SMILES string of the molecule is Cn1cccc1C(=O)N1CCC2(CCC(=O)N2Cc2ccncc2)CC1.O=C(O)C(F)(F)F. The van der Waals surface area contributed by atoms with Gasteiger partial charge in [0.05, 0.1) is 0 Å². The number of amides is 2. The van der Waals surface area contributed by atoms with Crippen molar-refractivity contribution in [1.29, 1.82) is 0 Å². The van der Waals surface area contributed by atoms with Crippen LogP contribution in [0.5, 0.6) is 0 Å². The fraction of sp³-hybridized carbons (Fsp3) is 0.455. The first-order valence-corrected chi connectivity index (χ1v) is 10.4. The number of pyridine rings is 1. The lowest BCUT2D eigenvalue weighted by molar-refractivity contribution is -0.192. The number of carbonyl (C=O) groups is 3. The van der Waals surface area contributed by atoms with Gasteiger partial charge in [0.25, 0.3) is 5.91 Å². The number of carboxylic acid groups (broad SMARTS) is 1. The molecule has 11 heteroatoms. The van der Waals surface area contributed by atoms with E-state index in [1.54, 1.807) is 12.4 Å². The van der Waals surface area contributed by atoms with Gasteiger partial charge in [-0.25, -0.2) is 4.79 Å². The van der Waals surface area contributed by atoms with Gasteiger partial charge in [-0.15, -0.1) is 0 Å². The van der Waals surface area contributed by atoms with Crippen molar-refractivity contribution in [2.24, 2.45) is 7.05 Å². The minimum atomic E-state index is -5.08. The van der Waals surface area contributed by atoms with Gasteiger partial charge >= 0.3 is 12.1 Å². The Morgan fingerprint density at radius 3 is 2.24 bits per heavy atom. The summed E-state index contributed by atoms with van der Waals surface area (Å²) in [6.07, 6.45) is 3.54. The molecule has 2 saturated heterocycles. The fourth-order valence-electron chi connectivity index (χ4n) is 4.29. The summed E-state index contributed by atoms with van der Waals surface area (Å²) < 4.78 is 33.6. The van der Waals surface area contributed by atoms with Crippen LogP contribution in [0.2, 0.25) is 0 Å². The second-order valence-corrected chi connectivity index (χ2v) is 8.16. The molecule has 2 aliphatic heterocycles. The zero-order valence-corrected chi connectivity index (χ0v) is 18.1. The van der Waals surface area contributed by atoms with E-state index in [1.165, 1.54) is 0 Å². The van der Waals surface area contributed by atoms with Crippen LogP contribution in [-0.2, 0) is 23.2 Å². The molecule has 2 amide bonds. The number of aliphatic carboxylic acids is 1. The first-order chi connectivity index (χ1) is 15.5. The number of piperidine rings is 1. The predicted octanol–water partition coefficient (Wildman–Crippen LogP) is 2.85. The molecule has 0 saturated carbocycles. The molecule has 0 bridgehead atoms. The van der Waals surface area contributed by atoms with Crippen molar-refractivity contribution < 1.29 is 32.7 Å². The second-order valence-electron chi connectivity index (χ2n) is 8.16. The Hall–Kier alpha value is -3.37. The molecule has 2 aromatic rings. The van der Waals surface area contributed by atoms with Crippen LogP contribution < -0.4 is 0 Å². The highest BCUT2D eigenvalue weighted by atomic mass is 19.4. The molecule has 178 valence electrons. The molecule has 8 nitrogen and oxygen atoms in total. The van der Waals surface area contributed by atoms with E-state index < -0.39 is 12.1 Å². The van der Waals surface area contributed by atoms with Crippen LogP contribution in [0.25, 0.3) is 0 Å². The Balaban J connectivity index is 0.000000383. The third-order valence-corrected chi connectivity index (χ3v) is 6.15. The van der Waals surface area contributed by atoms with Gasteiger partial charge in [0.2, 0.25) is 5.91 Å². The molecule has 0 aromatic carbocycles. The van der Waals surface area contributed by atoms with E-state index in [-0.39, 0.29) is 17.4 Å². The maximum Gasteiger partial charge on any atom is 0.490 e. The summed E-state index contributed by atoms with van der Waals surface area (Å²) in [5.41, 5.74) is 1.72. The molecule has 0 aliphatic carbocycles. The van der Waals surface area contributed by atoms with E-state index in [1.807, 2.05) is 51.9 Å². The number of nitrogens with zero attached hydrogens (tertiary/aromatic N) is 4. The number of alkyl halides is 3. The number of carbonyl (C=O) groups excluding carboxylic acids is 2. The van der Waals surface area contributed by atoms with Crippen molar-refractivity contribution >= 4 is 17.8 Å². The Bertz CT molecular complexity index is 999. The molecule has 4 rings (SSSR count). The van der Waals surface area contributed by atoms with Crippen LogP contribution in [0.15, 0.2) is 42.9 Å². The average molecular weight is 466 g/mol. The van der Waals surface area contributed by atoms with Gasteiger partial charge in [-0.3, -0.25) is 14.6 Å². The molecule has 2 aromatic heterocycles. The third kappa shape index (κ3) is 5.52. The van der Waals surface area contributed by atoms with Gasteiger partial charge in [0.1, 0.15) is 5.69 Å². The van der Waals surface area contributed by atoms with Crippen LogP contribution in [0.3, 0.4) is 0 Å². The van der Waals surface area contributed by atoms with E-state index in [4.69, 9.17) is 9.90 Å². The van der Waals surface area contributed by atoms with Crippen LogP contribution in [0, 0.1) is 0 Å². The zero-order chi connectivity index (χ0) is 24.2. The van der Waals surface area contributed by atoms with Crippen molar-refractivity contribution in [3.8, 4) is 0 Å². The minimum Gasteiger partial charge on any atom is -0.475 e. The van der Waals surface area contributed by atoms with Crippen LogP contribution >= 0.6 is 0 Å². The average Bonchev–Trinajstić information content (AvgIpc) is 3.33. The highest BCUT2D eigenvalue weighted by Crippen LogP contribution is 2.40. The highest BCUT2D eigenvalue weighted by Gasteiger charge is 2.47. The molecule has 1 N–H and O–H groups in total. The summed E-state index contributed by atoms with van der Waals surface area (Å²) in [4.78, 5) is 42.2. The third-order valence-electron chi connectivity index (χ3n) is 6.15. The molecule has 33 heavy (non-hydrogen) atoms. The van der Waals surface area contributed by atoms with Crippen LogP contribution in [0.4, 0.5) is 13.2 Å². The lowest BCUT2D eigenvalue weighted by Crippen LogP contribution is -2.54. The molecule has 0 unspecified atom stereocenters. The van der Waals surface area contributed by atoms with Gasteiger partial charge in [-0.1, -0.05) is 0 Å². The number of hydrogen-bond acceptors (Lipinski definition) is 4. The molecular weight excluding hydrogens is 441 g/mol. The van der Waals surface area contributed by atoms with Crippen molar-refractivity contribution in [2.75, 3.05) is 13.1 Å². The maximum atomic E-state index is 12.7. The number of aryl methyl sites for hydroxylation is 1. The van der Waals surface area contributed by atoms with E-state index in [0.29, 0.717) is 26.1 Å². The lowest BCUT2D eigenvalue weighted by atomic mass is 9.84. The number of aromatic nitrogens is 2. The Kier molecular flexibility index (Phi) is 7.09. The first-order valence-electron chi connectivity index (χ1n) is 10.4. The topological polar surface area (TPSA) is 95.7 Å². The van der Waals surface area contributed by atoms with Crippen LogP contribution in [0.1, 0.15) is 41.7 Å². The lowest BCUT2D eigenvalue weighted by Gasteiger charge is -2.45. The zero-order valence-electron chi connectivity index (χ0n) is 18.1. The second kappa shape index (κ2) is 9.63. The van der Waals surface area contributed by atoms with Crippen molar-refractivity contribution in [2.45, 2.75) is 43.9 Å². The molecule has 2 aliphatic rings. The van der Waals surface area contributed by atoms with E-state index in [0.717, 1.165) is 30.5 Å². The van der Waals surface area contributed by atoms with E-state index in [2.05, 4.69) is 4.98 Å². The Morgan fingerprint density at radius 2 is 1.73 bits per heavy atom. The van der Waals surface area contributed by atoms with Crippen molar-refractivity contribution in [1.82, 2.24) is 19.4 Å². The van der Waals surface area contributed by atoms with Crippen molar-refractivity contribution in [3.05, 3.63) is 54.1 Å². The van der Waals surface area contributed by atoms with E-state index in [9.17, 15) is 22.8 Å². The van der Waals surface area contributed by atoms with Gasteiger partial charge in [-0.05, 0) is 49.1 Å². The normalized spacial score (nSPS) is 17.6. The monoisotopic (exact) mass is 466 g/mol. The quantitative estimate of drug-likeness (QED) is 0.751. The smallest absolute Gasteiger partial charge is 0.475 e. The van der Waals surface area contributed by atoms with Gasteiger partial charge < -0.3 is 19.5 Å².